The molecule has 1 fully saturated rings. The molecular formula is C11H20N2O3. The van der Waals surface area contributed by atoms with Crippen molar-refractivity contribution in [2.24, 2.45) is 5.92 Å². The van der Waals surface area contributed by atoms with Gasteiger partial charge < -0.3 is 15.3 Å². The lowest BCUT2D eigenvalue weighted by molar-refractivity contribution is -0.138. The average molecular weight is 228 g/mol. The van der Waals surface area contributed by atoms with Gasteiger partial charge in [0.2, 0.25) is 5.91 Å². The van der Waals surface area contributed by atoms with Gasteiger partial charge in [-0.3, -0.25) is 9.59 Å². The molecule has 1 saturated heterocycles. The summed E-state index contributed by atoms with van der Waals surface area (Å²) in [5.74, 6) is -0.582. The Labute approximate surface area is 95.8 Å². The van der Waals surface area contributed by atoms with Gasteiger partial charge in [-0.05, 0) is 12.3 Å². The number of likely N-dealkylation sites (tertiary alicyclic amines) is 1. The largest absolute Gasteiger partial charge is 0.481 e. The zero-order valence-electron chi connectivity index (χ0n) is 9.90. The lowest BCUT2D eigenvalue weighted by Crippen LogP contribution is -2.39. The van der Waals surface area contributed by atoms with Gasteiger partial charge in [-0.25, -0.2) is 0 Å². The summed E-state index contributed by atoms with van der Waals surface area (Å²) in [5, 5.41) is 11.7. The second-order valence-electron chi connectivity index (χ2n) is 4.63. The second-order valence-corrected chi connectivity index (χ2v) is 4.63. The van der Waals surface area contributed by atoms with Crippen molar-refractivity contribution >= 4 is 11.9 Å². The predicted molar refractivity (Wildman–Crippen MR) is 60.1 cm³/mol. The molecule has 0 aromatic carbocycles. The lowest BCUT2D eigenvalue weighted by atomic mass is 10.1. The molecule has 0 aromatic heterocycles. The monoisotopic (exact) mass is 228 g/mol. The highest BCUT2D eigenvalue weighted by Crippen LogP contribution is 2.19. The number of carbonyl (C=O) groups excluding carboxylic acids is 1. The third-order valence-corrected chi connectivity index (χ3v) is 2.76. The van der Waals surface area contributed by atoms with Crippen molar-refractivity contribution in [3.8, 4) is 0 Å². The zero-order chi connectivity index (χ0) is 12.1. The van der Waals surface area contributed by atoms with Crippen molar-refractivity contribution in [3.63, 3.8) is 0 Å². The van der Waals surface area contributed by atoms with E-state index in [1.54, 1.807) is 4.90 Å². The van der Waals surface area contributed by atoms with E-state index >= 15 is 0 Å². The van der Waals surface area contributed by atoms with Crippen LogP contribution < -0.4 is 5.32 Å². The molecule has 1 rings (SSSR count). The molecule has 0 bridgehead atoms. The highest BCUT2D eigenvalue weighted by atomic mass is 16.4. The molecule has 5 nitrogen and oxygen atoms in total. The first-order valence-corrected chi connectivity index (χ1v) is 5.72. The molecule has 1 unspecified atom stereocenters. The first-order chi connectivity index (χ1) is 7.49. The SMILES string of the molecule is CC(C)NCC(=O)N1CCC(CC(=O)O)C1. The number of carboxylic acid groups (broad SMARTS) is 1. The summed E-state index contributed by atoms with van der Waals surface area (Å²) >= 11 is 0. The van der Waals surface area contributed by atoms with Crippen molar-refractivity contribution in [2.45, 2.75) is 32.7 Å². The van der Waals surface area contributed by atoms with E-state index in [2.05, 4.69) is 5.32 Å². The standard InChI is InChI=1S/C11H20N2O3/c1-8(2)12-6-10(14)13-4-3-9(7-13)5-11(15)16/h8-9,12H,3-7H2,1-2H3,(H,15,16). The maximum absolute atomic E-state index is 11.7. The molecule has 1 aliphatic heterocycles. The number of hydrogen-bond acceptors (Lipinski definition) is 3. The van der Waals surface area contributed by atoms with Gasteiger partial charge in [0, 0.05) is 25.6 Å². The molecule has 0 aromatic rings. The molecule has 0 radical (unpaired) electrons. The van der Waals surface area contributed by atoms with Crippen LogP contribution in [0.2, 0.25) is 0 Å². The first kappa shape index (κ1) is 13.0. The highest BCUT2D eigenvalue weighted by Gasteiger charge is 2.27. The van der Waals surface area contributed by atoms with Crippen LogP contribution in [0.3, 0.4) is 0 Å². The molecule has 5 heteroatoms. The Bertz CT molecular complexity index is 266. The molecular weight excluding hydrogens is 208 g/mol. The van der Waals surface area contributed by atoms with Crippen LogP contribution in [0.4, 0.5) is 0 Å². The minimum atomic E-state index is -0.778. The third kappa shape index (κ3) is 4.18. The van der Waals surface area contributed by atoms with Crippen molar-refractivity contribution in [3.05, 3.63) is 0 Å². The Morgan fingerprint density at radius 3 is 2.75 bits per heavy atom. The van der Waals surface area contributed by atoms with E-state index in [4.69, 9.17) is 5.11 Å². The number of nitrogens with zero attached hydrogens (tertiary/aromatic N) is 1. The minimum Gasteiger partial charge on any atom is -0.481 e. The van der Waals surface area contributed by atoms with Gasteiger partial charge in [0.25, 0.3) is 0 Å². The third-order valence-electron chi connectivity index (χ3n) is 2.76. The van der Waals surface area contributed by atoms with Crippen LogP contribution in [-0.4, -0.2) is 47.6 Å². The van der Waals surface area contributed by atoms with Gasteiger partial charge in [-0.2, -0.15) is 0 Å². The number of aliphatic carboxylic acids is 1. The van der Waals surface area contributed by atoms with Crippen LogP contribution in [0.1, 0.15) is 26.7 Å². The average Bonchev–Trinajstić information content (AvgIpc) is 2.61. The fraction of sp³-hybridized carbons (Fsp3) is 0.818. The maximum Gasteiger partial charge on any atom is 0.303 e. The molecule has 1 aliphatic rings. The van der Waals surface area contributed by atoms with Crippen molar-refractivity contribution in [2.75, 3.05) is 19.6 Å². The molecule has 2 N–H and O–H groups in total. The summed E-state index contributed by atoms with van der Waals surface area (Å²) in [5.41, 5.74) is 0. The van der Waals surface area contributed by atoms with E-state index in [1.807, 2.05) is 13.8 Å². The number of hydrogen-bond donors (Lipinski definition) is 2. The van der Waals surface area contributed by atoms with Crippen molar-refractivity contribution in [1.29, 1.82) is 0 Å². The van der Waals surface area contributed by atoms with E-state index in [1.165, 1.54) is 0 Å². The Morgan fingerprint density at radius 1 is 1.50 bits per heavy atom. The summed E-state index contributed by atoms with van der Waals surface area (Å²) in [6.45, 7) is 5.61. The summed E-state index contributed by atoms with van der Waals surface area (Å²) < 4.78 is 0. The van der Waals surface area contributed by atoms with E-state index in [9.17, 15) is 9.59 Å². The summed E-state index contributed by atoms with van der Waals surface area (Å²) in [7, 11) is 0. The molecule has 1 amide bonds. The number of rotatable bonds is 5. The number of carbonyl (C=O) groups is 2. The number of nitrogens with one attached hydrogen (secondary N) is 1. The topological polar surface area (TPSA) is 69.6 Å². The van der Waals surface area contributed by atoms with Crippen LogP contribution >= 0.6 is 0 Å². The molecule has 92 valence electrons. The summed E-state index contributed by atoms with van der Waals surface area (Å²) in [6, 6.07) is 0.293. The van der Waals surface area contributed by atoms with Crippen LogP contribution in [-0.2, 0) is 9.59 Å². The number of carboxylic acids is 1. The predicted octanol–water partition coefficient (Wildman–Crippen LogP) is 0.308. The Morgan fingerprint density at radius 2 is 2.19 bits per heavy atom. The van der Waals surface area contributed by atoms with Gasteiger partial charge in [0.15, 0.2) is 0 Å². The highest BCUT2D eigenvalue weighted by molar-refractivity contribution is 5.78. The minimum absolute atomic E-state index is 0.0709. The van der Waals surface area contributed by atoms with E-state index < -0.39 is 5.97 Å². The second kappa shape index (κ2) is 5.84. The Kier molecular flexibility index (Phi) is 4.73. The molecule has 1 heterocycles. The Hall–Kier alpha value is -1.10. The zero-order valence-corrected chi connectivity index (χ0v) is 9.90. The van der Waals surface area contributed by atoms with Gasteiger partial charge in [-0.15, -0.1) is 0 Å². The van der Waals surface area contributed by atoms with Gasteiger partial charge in [0.05, 0.1) is 6.54 Å². The maximum atomic E-state index is 11.7. The van der Waals surface area contributed by atoms with Crippen LogP contribution in [0.15, 0.2) is 0 Å². The van der Waals surface area contributed by atoms with Crippen LogP contribution in [0.25, 0.3) is 0 Å². The molecule has 16 heavy (non-hydrogen) atoms. The fourth-order valence-electron chi connectivity index (χ4n) is 1.88. The molecule has 1 atom stereocenters. The normalized spacial score (nSPS) is 20.4. The van der Waals surface area contributed by atoms with Crippen LogP contribution in [0.5, 0.6) is 0 Å². The van der Waals surface area contributed by atoms with Crippen molar-refractivity contribution < 1.29 is 14.7 Å². The number of amides is 1. The summed E-state index contributed by atoms with van der Waals surface area (Å²) in [4.78, 5) is 24.0. The smallest absolute Gasteiger partial charge is 0.303 e. The molecule has 0 spiro atoms. The lowest BCUT2D eigenvalue weighted by Gasteiger charge is -2.17. The van der Waals surface area contributed by atoms with Gasteiger partial charge in [0.1, 0.15) is 0 Å². The summed E-state index contributed by atoms with van der Waals surface area (Å²) in [6.07, 6.45) is 0.973. The van der Waals surface area contributed by atoms with E-state index in [0.717, 1.165) is 6.42 Å². The Balaban J connectivity index is 2.29. The molecule has 0 saturated carbocycles. The fourth-order valence-corrected chi connectivity index (χ4v) is 1.88. The van der Waals surface area contributed by atoms with Gasteiger partial charge >= 0.3 is 5.97 Å². The first-order valence-electron chi connectivity index (χ1n) is 5.72. The quantitative estimate of drug-likeness (QED) is 0.710. The van der Waals surface area contributed by atoms with Crippen LogP contribution in [0, 0.1) is 5.92 Å². The van der Waals surface area contributed by atoms with E-state index in [0.29, 0.717) is 25.7 Å². The van der Waals surface area contributed by atoms with Gasteiger partial charge in [-0.1, -0.05) is 13.8 Å². The van der Waals surface area contributed by atoms with Crippen molar-refractivity contribution in [1.82, 2.24) is 10.2 Å². The van der Waals surface area contributed by atoms with E-state index in [-0.39, 0.29) is 18.2 Å². The molecule has 0 aliphatic carbocycles.